The predicted octanol–water partition coefficient (Wildman–Crippen LogP) is 2.44. The van der Waals surface area contributed by atoms with Gasteiger partial charge in [-0.15, -0.1) is 0 Å². The molecule has 0 saturated carbocycles. The lowest BCUT2D eigenvalue weighted by Gasteiger charge is -2.19. The molecule has 3 nitrogen and oxygen atoms in total. The summed E-state index contributed by atoms with van der Waals surface area (Å²) in [7, 11) is 1.44. The van der Waals surface area contributed by atoms with E-state index in [1.54, 1.807) is 6.20 Å². The van der Waals surface area contributed by atoms with Gasteiger partial charge < -0.3 is 4.74 Å². The molecule has 0 aliphatic heterocycles. The lowest BCUT2D eigenvalue weighted by Crippen LogP contribution is -2.18. The van der Waals surface area contributed by atoms with Crippen LogP contribution in [0.3, 0.4) is 0 Å². The third-order valence-electron chi connectivity index (χ3n) is 2.94. The fourth-order valence-corrected chi connectivity index (χ4v) is 2.00. The Morgan fingerprint density at radius 1 is 1.50 bits per heavy atom. The van der Waals surface area contributed by atoms with Gasteiger partial charge >= 0.3 is 5.97 Å². The zero-order valence-electron chi connectivity index (χ0n) is 9.35. The summed E-state index contributed by atoms with van der Waals surface area (Å²) in [5.41, 5.74) is 2.26. The minimum Gasteiger partial charge on any atom is -0.469 e. The first kappa shape index (κ1) is 10.9. The van der Waals surface area contributed by atoms with Gasteiger partial charge in [0.2, 0.25) is 0 Å². The minimum atomic E-state index is -0.101. The van der Waals surface area contributed by atoms with Crippen LogP contribution in [0.4, 0.5) is 0 Å². The quantitative estimate of drug-likeness (QED) is 0.714. The average molecular weight is 217 g/mol. The van der Waals surface area contributed by atoms with Crippen molar-refractivity contribution >= 4 is 11.5 Å². The van der Waals surface area contributed by atoms with Crippen LogP contribution in [0.1, 0.15) is 25.0 Å². The van der Waals surface area contributed by atoms with Gasteiger partial charge in [-0.3, -0.25) is 9.78 Å². The van der Waals surface area contributed by atoms with Crippen molar-refractivity contribution in [3.63, 3.8) is 0 Å². The molecule has 3 heteroatoms. The first-order valence-electron chi connectivity index (χ1n) is 5.49. The van der Waals surface area contributed by atoms with Crippen LogP contribution in [-0.2, 0) is 9.53 Å². The largest absolute Gasteiger partial charge is 0.469 e. The number of hydrogen-bond donors (Lipinski definition) is 0. The molecule has 1 aliphatic rings. The Hall–Kier alpha value is -1.64. The molecule has 1 unspecified atom stereocenters. The normalized spacial score (nSPS) is 20.1. The molecule has 0 bridgehead atoms. The smallest absolute Gasteiger partial charge is 0.308 e. The van der Waals surface area contributed by atoms with Crippen molar-refractivity contribution in [3.8, 4) is 0 Å². The summed E-state index contributed by atoms with van der Waals surface area (Å²) < 4.78 is 4.75. The van der Waals surface area contributed by atoms with Gasteiger partial charge in [0.05, 0.1) is 18.7 Å². The van der Waals surface area contributed by atoms with Gasteiger partial charge in [0, 0.05) is 6.20 Å². The molecule has 2 rings (SSSR count). The molecule has 0 saturated heterocycles. The van der Waals surface area contributed by atoms with Gasteiger partial charge in [0.1, 0.15) is 0 Å². The molecule has 84 valence electrons. The zero-order valence-corrected chi connectivity index (χ0v) is 9.35. The molecule has 1 aromatic rings. The van der Waals surface area contributed by atoms with Crippen LogP contribution in [0.15, 0.2) is 30.5 Å². The number of rotatable bonds is 2. The topological polar surface area (TPSA) is 39.2 Å². The van der Waals surface area contributed by atoms with E-state index in [1.165, 1.54) is 12.7 Å². The highest BCUT2D eigenvalue weighted by molar-refractivity contribution is 5.75. The summed E-state index contributed by atoms with van der Waals surface area (Å²) >= 11 is 0. The van der Waals surface area contributed by atoms with Crippen molar-refractivity contribution in [2.75, 3.05) is 7.11 Å². The van der Waals surface area contributed by atoms with Gasteiger partial charge in [-0.25, -0.2) is 0 Å². The number of allylic oxidation sites excluding steroid dienone is 2. The summed E-state index contributed by atoms with van der Waals surface area (Å²) in [5.74, 6) is -0.0752. The van der Waals surface area contributed by atoms with E-state index in [0.29, 0.717) is 0 Å². The Labute approximate surface area is 95.2 Å². The molecule has 1 aliphatic carbocycles. The number of nitrogens with zero attached hydrogens (tertiary/aromatic N) is 1. The third-order valence-corrected chi connectivity index (χ3v) is 2.94. The number of ether oxygens (including phenoxy) is 1. The maximum Gasteiger partial charge on any atom is 0.308 e. The lowest BCUT2D eigenvalue weighted by atomic mass is 9.88. The van der Waals surface area contributed by atoms with Crippen molar-refractivity contribution in [3.05, 3.63) is 36.2 Å². The van der Waals surface area contributed by atoms with E-state index in [-0.39, 0.29) is 11.9 Å². The van der Waals surface area contributed by atoms with Crippen LogP contribution in [-0.4, -0.2) is 18.1 Å². The van der Waals surface area contributed by atoms with E-state index in [2.05, 4.69) is 11.1 Å². The minimum absolute atomic E-state index is 0.0254. The van der Waals surface area contributed by atoms with Crippen LogP contribution in [0.5, 0.6) is 0 Å². The standard InChI is InChI=1S/C13H15NO2/c1-16-13(15)11-7-5-10(6-8-11)12-4-2-3-9-14-12/h2-5,9,11H,6-8H2,1H3. The molecule has 1 atom stereocenters. The van der Waals surface area contributed by atoms with Gasteiger partial charge in [-0.05, 0) is 37.0 Å². The number of carbonyl (C=O) groups is 1. The average Bonchev–Trinajstić information content (AvgIpc) is 2.39. The van der Waals surface area contributed by atoms with Crippen LogP contribution in [0.2, 0.25) is 0 Å². The highest BCUT2D eigenvalue weighted by Gasteiger charge is 2.22. The van der Waals surface area contributed by atoms with E-state index in [1.807, 2.05) is 18.2 Å². The maximum absolute atomic E-state index is 11.3. The second kappa shape index (κ2) is 4.92. The van der Waals surface area contributed by atoms with E-state index in [4.69, 9.17) is 4.74 Å². The Morgan fingerprint density at radius 3 is 2.94 bits per heavy atom. The Kier molecular flexibility index (Phi) is 3.34. The Morgan fingerprint density at radius 2 is 2.38 bits per heavy atom. The van der Waals surface area contributed by atoms with E-state index < -0.39 is 0 Å². The van der Waals surface area contributed by atoms with E-state index in [9.17, 15) is 4.79 Å². The van der Waals surface area contributed by atoms with Gasteiger partial charge in [0.15, 0.2) is 0 Å². The van der Waals surface area contributed by atoms with Crippen LogP contribution in [0.25, 0.3) is 5.57 Å². The predicted molar refractivity (Wildman–Crippen MR) is 61.6 cm³/mol. The molecule has 1 aromatic heterocycles. The number of aromatic nitrogens is 1. The number of pyridine rings is 1. The SMILES string of the molecule is COC(=O)C1CC=C(c2ccccn2)CC1. The monoisotopic (exact) mass is 217 g/mol. The molecule has 0 amide bonds. The summed E-state index contributed by atoms with van der Waals surface area (Å²) in [6.07, 6.45) is 6.42. The number of carbonyl (C=O) groups excluding carboxylic acids is 1. The fraction of sp³-hybridized carbons (Fsp3) is 0.385. The summed E-state index contributed by atoms with van der Waals surface area (Å²) in [4.78, 5) is 15.7. The molecule has 1 heterocycles. The number of esters is 1. The molecule has 0 N–H and O–H groups in total. The molecular weight excluding hydrogens is 202 g/mol. The molecule has 0 radical (unpaired) electrons. The van der Waals surface area contributed by atoms with Gasteiger partial charge in [-0.1, -0.05) is 12.1 Å². The van der Waals surface area contributed by atoms with E-state index >= 15 is 0 Å². The molecule has 0 spiro atoms. The Balaban J connectivity index is 2.07. The number of methoxy groups -OCH3 is 1. The first-order chi connectivity index (χ1) is 7.81. The summed E-state index contributed by atoms with van der Waals surface area (Å²) in [6, 6.07) is 5.89. The zero-order chi connectivity index (χ0) is 11.4. The second-order valence-electron chi connectivity index (χ2n) is 3.94. The molecule has 0 fully saturated rings. The molecular formula is C13H15NO2. The first-order valence-corrected chi connectivity index (χ1v) is 5.49. The summed E-state index contributed by atoms with van der Waals surface area (Å²) in [6.45, 7) is 0. The highest BCUT2D eigenvalue weighted by atomic mass is 16.5. The summed E-state index contributed by atoms with van der Waals surface area (Å²) in [5, 5.41) is 0. The Bertz CT molecular complexity index is 398. The van der Waals surface area contributed by atoms with Crippen molar-refractivity contribution in [2.45, 2.75) is 19.3 Å². The van der Waals surface area contributed by atoms with Gasteiger partial charge in [0.25, 0.3) is 0 Å². The van der Waals surface area contributed by atoms with Crippen molar-refractivity contribution in [1.82, 2.24) is 4.98 Å². The third kappa shape index (κ3) is 2.30. The second-order valence-corrected chi connectivity index (χ2v) is 3.94. The molecule has 0 aromatic carbocycles. The molecule has 16 heavy (non-hydrogen) atoms. The highest BCUT2D eigenvalue weighted by Crippen LogP contribution is 2.29. The number of hydrogen-bond acceptors (Lipinski definition) is 3. The van der Waals surface area contributed by atoms with Crippen molar-refractivity contribution in [2.24, 2.45) is 5.92 Å². The van der Waals surface area contributed by atoms with Crippen LogP contribution in [0, 0.1) is 5.92 Å². The fourth-order valence-electron chi connectivity index (χ4n) is 2.00. The maximum atomic E-state index is 11.3. The van der Waals surface area contributed by atoms with Gasteiger partial charge in [-0.2, -0.15) is 0 Å². The van der Waals surface area contributed by atoms with E-state index in [0.717, 1.165) is 25.0 Å². The van der Waals surface area contributed by atoms with Crippen LogP contribution < -0.4 is 0 Å². The van der Waals surface area contributed by atoms with Crippen LogP contribution >= 0.6 is 0 Å². The lowest BCUT2D eigenvalue weighted by molar-refractivity contribution is -0.145. The van der Waals surface area contributed by atoms with Crippen molar-refractivity contribution < 1.29 is 9.53 Å². The van der Waals surface area contributed by atoms with Crippen molar-refractivity contribution in [1.29, 1.82) is 0 Å².